The predicted octanol–water partition coefficient (Wildman–Crippen LogP) is 2.24. The van der Waals surface area contributed by atoms with E-state index in [0.717, 1.165) is 11.1 Å². The highest BCUT2D eigenvalue weighted by atomic mass is 16.5. The Balaban J connectivity index is 2.27. The molecule has 0 aliphatic heterocycles. The lowest BCUT2D eigenvalue weighted by Crippen LogP contribution is -2.48. The van der Waals surface area contributed by atoms with E-state index >= 15 is 0 Å². The molecule has 31 heavy (non-hydrogen) atoms. The number of amides is 2. The van der Waals surface area contributed by atoms with E-state index in [0.29, 0.717) is 35.8 Å². The van der Waals surface area contributed by atoms with E-state index < -0.39 is 17.2 Å². The molecular formula is C23H30N2O6. The van der Waals surface area contributed by atoms with Crippen LogP contribution in [0.25, 0.3) is 0 Å². The minimum atomic E-state index is -1.51. The van der Waals surface area contributed by atoms with Crippen LogP contribution in [0.5, 0.6) is 23.0 Å². The van der Waals surface area contributed by atoms with E-state index in [9.17, 15) is 9.59 Å². The lowest BCUT2D eigenvalue weighted by Gasteiger charge is -2.27. The predicted molar refractivity (Wildman–Crippen MR) is 117 cm³/mol. The third-order valence-electron chi connectivity index (χ3n) is 5.45. The summed E-state index contributed by atoms with van der Waals surface area (Å²) in [5.41, 5.74) is 11.5. The summed E-state index contributed by atoms with van der Waals surface area (Å²) in [6.45, 7) is 0. The molecule has 0 aliphatic rings. The van der Waals surface area contributed by atoms with Crippen LogP contribution >= 0.6 is 0 Å². The maximum absolute atomic E-state index is 12.4. The zero-order valence-corrected chi connectivity index (χ0v) is 18.4. The molecule has 4 N–H and O–H groups in total. The smallest absolute Gasteiger partial charge is 0.233 e. The topological polar surface area (TPSA) is 123 Å². The lowest BCUT2D eigenvalue weighted by molar-refractivity contribution is -0.140. The van der Waals surface area contributed by atoms with Gasteiger partial charge in [0.25, 0.3) is 0 Å². The molecule has 0 bridgehead atoms. The van der Waals surface area contributed by atoms with Crippen LogP contribution in [0, 0.1) is 5.41 Å². The summed E-state index contributed by atoms with van der Waals surface area (Å²) >= 11 is 0. The number of rotatable bonds is 12. The van der Waals surface area contributed by atoms with Crippen molar-refractivity contribution in [1.29, 1.82) is 0 Å². The first-order valence-corrected chi connectivity index (χ1v) is 9.81. The number of benzene rings is 2. The van der Waals surface area contributed by atoms with Gasteiger partial charge in [0.2, 0.25) is 11.8 Å². The molecule has 0 radical (unpaired) electrons. The first-order valence-electron chi connectivity index (χ1n) is 9.81. The molecule has 0 saturated carbocycles. The number of nitrogens with two attached hydrogens (primary N) is 2. The van der Waals surface area contributed by atoms with Crippen molar-refractivity contribution in [3.8, 4) is 23.0 Å². The Morgan fingerprint density at radius 1 is 0.645 bits per heavy atom. The van der Waals surface area contributed by atoms with E-state index in [2.05, 4.69) is 0 Å². The minimum absolute atomic E-state index is 0.162. The van der Waals surface area contributed by atoms with Crippen LogP contribution in [0.4, 0.5) is 0 Å². The molecule has 2 rings (SSSR count). The Morgan fingerprint density at radius 2 is 0.935 bits per heavy atom. The largest absolute Gasteiger partial charge is 0.497 e. The molecular weight excluding hydrogens is 400 g/mol. The van der Waals surface area contributed by atoms with Crippen molar-refractivity contribution < 1.29 is 28.5 Å². The Labute approximate surface area is 182 Å². The van der Waals surface area contributed by atoms with Crippen molar-refractivity contribution in [2.75, 3.05) is 28.4 Å². The second-order valence-corrected chi connectivity index (χ2v) is 7.25. The second-order valence-electron chi connectivity index (χ2n) is 7.25. The zero-order chi connectivity index (χ0) is 23.0. The number of hydrogen-bond donors (Lipinski definition) is 2. The fourth-order valence-corrected chi connectivity index (χ4v) is 3.48. The lowest BCUT2D eigenvalue weighted by atomic mass is 9.76. The number of carbonyl (C=O) groups is 2. The number of ether oxygens (including phenoxy) is 4. The molecule has 168 valence electrons. The molecule has 0 unspecified atom stereocenters. The van der Waals surface area contributed by atoms with Crippen LogP contribution in [0.1, 0.15) is 24.0 Å². The second kappa shape index (κ2) is 10.6. The first-order chi connectivity index (χ1) is 14.8. The number of hydrogen-bond acceptors (Lipinski definition) is 6. The molecule has 0 spiro atoms. The summed E-state index contributed by atoms with van der Waals surface area (Å²) in [6.07, 6.45) is 1.10. The van der Waals surface area contributed by atoms with Gasteiger partial charge in [0.05, 0.1) is 28.4 Å². The maximum Gasteiger partial charge on any atom is 0.233 e. The zero-order valence-electron chi connectivity index (χ0n) is 18.4. The highest BCUT2D eigenvalue weighted by Gasteiger charge is 2.42. The molecule has 2 amide bonds. The number of primary amides is 2. The number of carbonyl (C=O) groups excluding carboxylic acids is 2. The summed E-state index contributed by atoms with van der Waals surface area (Å²) in [7, 11) is 6.21. The van der Waals surface area contributed by atoms with Gasteiger partial charge in [-0.25, -0.2) is 0 Å². The van der Waals surface area contributed by atoms with Crippen molar-refractivity contribution in [3.05, 3.63) is 47.5 Å². The molecule has 0 aromatic heterocycles. The normalized spacial score (nSPS) is 11.0. The van der Waals surface area contributed by atoms with Crippen molar-refractivity contribution in [2.45, 2.75) is 25.7 Å². The van der Waals surface area contributed by atoms with Crippen LogP contribution in [-0.2, 0) is 22.4 Å². The Morgan fingerprint density at radius 3 is 1.16 bits per heavy atom. The van der Waals surface area contributed by atoms with Gasteiger partial charge in [0.15, 0.2) is 0 Å². The van der Waals surface area contributed by atoms with E-state index in [4.69, 9.17) is 30.4 Å². The molecule has 0 heterocycles. The monoisotopic (exact) mass is 430 g/mol. The molecule has 0 aliphatic carbocycles. The van der Waals surface area contributed by atoms with Crippen molar-refractivity contribution in [3.63, 3.8) is 0 Å². The Hall–Kier alpha value is -3.42. The summed E-state index contributed by atoms with van der Waals surface area (Å²) in [6, 6.07) is 10.8. The highest BCUT2D eigenvalue weighted by Crippen LogP contribution is 2.33. The van der Waals surface area contributed by atoms with Gasteiger partial charge in [-0.3, -0.25) is 9.59 Å². The molecule has 2 aromatic rings. The fourth-order valence-electron chi connectivity index (χ4n) is 3.48. The Kier molecular flexibility index (Phi) is 8.13. The average molecular weight is 431 g/mol. The van der Waals surface area contributed by atoms with Gasteiger partial charge in [-0.15, -0.1) is 0 Å². The number of methoxy groups -OCH3 is 4. The first kappa shape index (κ1) is 23.9. The van der Waals surface area contributed by atoms with E-state index in [1.165, 1.54) is 0 Å². The van der Waals surface area contributed by atoms with Crippen LogP contribution in [-0.4, -0.2) is 40.3 Å². The van der Waals surface area contributed by atoms with Gasteiger partial charge in [-0.1, -0.05) is 0 Å². The van der Waals surface area contributed by atoms with Gasteiger partial charge < -0.3 is 30.4 Å². The standard InChI is InChI=1S/C23H30N2O6/c1-28-17-9-15(10-18(13-17)29-2)5-7-23(21(24)26,22(25)27)8-6-16-11-19(30-3)14-20(12-16)31-4/h9-14H,5-8H2,1-4H3,(H2,24,26)(H2,25,27). The fraction of sp³-hybridized carbons (Fsp3) is 0.391. The maximum atomic E-state index is 12.4. The van der Waals surface area contributed by atoms with E-state index in [-0.39, 0.29) is 12.8 Å². The summed E-state index contributed by atoms with van der Waals surface area (Å²) < 4.78 is 21.1. The minimum Gasteiger partial charge on any atom is -0.497 e. The summed E-state index contributed by atoms with van der Waals surface area (Å²) in [4.78, 5) is 24.8. The highest BCUT2D eigenvalue weighted by molar-refractivity contribution is 6.03. The van der Waals surface area contributed by atoms with Crippen LogP contribution in [0.2, 0.25) is 0 Å². The molecule has 0 fully saturated rings. The van der Waals surface area contributed by atoms with Crippen LogP contribution in [0.3, 0.4) is 0 Å². The van der Waals surface area contributed by atoms with Gasteiger partial charge in [0, 0.05) is 12.1 Å². The molecule has 8 nitrogen and oxygen atoms in total. The summed E-state index contributed by atoms with van der Waals surface area (Å²) in [5.74, 6) is 0.959. The third-order valence-corrected chi connectivity index (χ3v) is 5.45. The number of aryl methyl sites for hydroxylation is 2. The third kappa shape index (κ3) is 5.81. The quantitative estimate of drug-likeness (QED) is 0.498. The van der Waals surface area contributed by atoms with Crippen molar-refractivity contribution >= 4 is 11.8 Å². The summed E-state index contributed by atoms with van der Waals surface area (Å²) in [5, 5.41) is 0. The SMILES string of the molecule is COc1cc(CCC(CCc2cc(OC)cc(OC)c2)(C(N)=O)C(N)=O)cc(OC)c1. The van der Waals surface area contributed by atoms with Crippen LogP contribution in [0.15, 0.2) is 36.4 Å². The van der Waals surface area contributed by atoms with E-state index in [1.807, 2.05) is 24.3 Å². The van der Waals surface area contributed by atoms with E-state index in [1.54, 1.807) is 40.6 Å². The molecule has 2 aromatic carbocycles. The Bertz CT molecular complexity index is 808. The molecule has 8 heteroatoms. The van der Waals surface area contributed by atoms with Crippen molar-refractivity contribution in [1.82, 2.24) is 0 Å². The molecule has 0 saturated heterocycles. The van der Waals surface area contributed by atoms with Gasteiger partial charge >= 0.3 is 0 Å². The van der Waals surface area contributed by atoms with Crippen LogP contribution < -0.4 is 30.4 Å². The van der Waals surface area contributed by atoms with Gasteiger partial charge in [-0.2, -0.15) is 0 Å². The van der Waals surface area contributed by atoms with Gasteiger partial charge in [-0.05, 0) is 61.1 Å². The molecule has 0 atom stereocenters. The average Bonchev–Trinajstić information content (AvgIpc) is 2.78. The van der Waals surface area contributed by atoms with Crippen molar-refractivity contribution in [2.24, 2.45) is 16.9 Å². The van der Waals surface area contributed by atoms with Gasteiger partial charge in [0.1, 0.15) is 28.4 Å².